The molecular weight excluding hydrogens is 194 g/mol. The molecule has 1 aliphatic heterocycles. The van der Waals surface area contributed by atoms with Crippen LogP contribution in [0.25, 0.3) is 0 Å². The number of thiazole rings is 1. The molecule has 2 rings (SSSR count). The van der Waals surface area contributed by atoms with Gasteiger partial charge in [-0.1, -0.05) is 12.8 Å². The highest BCUT2D eigenvalue weighted by molar-refractivity contribution is 7.10. The SMILES string of the molecule is N#Cc1scnc1N1CCCCCC1. The van der Waals surface area contributed by atoms with E-state index in [1.165, 1.54) is 37.0 Å². The van der Waals surface area contributed by atoms with Crippen LogP contribution in [-0.4, -0.2) is 18.1 Å². The third-order valence-electron chi connectivity index (χ3n) is 2.56. The maximum absolute atomic E-state index is 8.90. The van der Waals surface area contributed by atoms with Crippen LogP contribution in [-0.2, 0) is 0 Å². The van der Waals surface area contributed by atoms with Crippen molar-refractivity contribution in [3.63, 3.8) is 0 Å². The van der Waals surface area contributed by atoms with E-state index in [0.29, 0.717) is 0 Å². The highest BCUT2D eigenvalue weighted by atomic mass is 32.1. The second-order valence-electron chi connectivity index (χ2n) is 3.52. The molecule has 14 heavy (non-hydrogen) atoms. The molecule has 0 amide bonds. The molecule has 0 saturated carbocycles. The van der Waals surface area contributed by atoms with Gasteiger partial charge in [-0.25, -0.2) is 4.98 Å². The second kappa shape index (κ2) is 4.43. The van der Waals surface area contributed by atoms with Gasteiger partial charge in [0.25, 0.3) is 0 Å². The van der Waals surface area contributed by atoms with E-state index < -0.39 is 0 Å². The Balaban J connectivity index is 2.16. The lowest BCUT2D eigenvalue weighted by atomic mass is 10.2. The molecule has 0 spiro atoms. The fourth-order valence-electron chi connectivity index (χ4n) is 1.82. The van der Waals surface area contributed by atoms with E-state index in [4.69, 9.17) is 5.26 Å². The summed E-state index contributed by atoms with van der Waals surface area (Å²) in [6.07, 6.45) is 5.07. The van der Waals surface area contributed by atoms with E-state index >= 15 is 0 Å². The number of aromatic nitrogens is 1. The first-order chi connectivity index (χ1) is 6.92. The van der Waals surface area contributed by atoms with Crippen LogP contribution in [0.15, 0.2) is 5.51 Å². The smallest absolute Gasteiger partial charge is 0.157 e. The Hall–Kier alpha value is -1.08. The van der Waals surface area contributed by atoms with Crippen LogP contribution in [0.1, 0.15) is 30.6 Å². The summed E-state index contributed by atoms with van der Waals surface area (Å²) < 4.78 is 0. The fraction of sp³-hybridized carbons (Fsp3) is 0.600. The van der Waals surface area contributed by atoms with E-state index in [-0.39, 0.29) is 0 Å². The third-order valence-corrected chi connectivity index (χ3v) is 3.28. The van der Waals surface area contributed by atoms with Gasteiger partial charge < -0.3 is 4.90 Å². The van der Waals surface area contributed by atoms with Crippen LogP contribution in [0, 0.1) is 11.3 Å². The number of nitriles is 1. The Morgan fingerprint density at radius 3 is 2.64 bits per heavy atom. The Kier molecular flexibility index (Phi) is 3.00. The topological polar surface area (TPSA) is 39.9 Å². The van der Waals surface area contributed by atoms with Crippen molar-refractivity contribution in [1.29, 1.82) is 5.26 Å². The van der Waals surface area contributed by atoms with E-state index in [1.54, 1.807) is 5.51 Å². The molecule has 2 heterocycles. The molecule has 1 aromatic rings. The molecular formula is C10H13N3S. The van der Waals surface area contributed by atoms with Crippen LogP contribution in [0.4, 0.5) is 5.82 Å². The van der Waals surface area contributed by atoms with Gasteiger partial charge in [-0.2, -0.15) is 5.26 Å². The zero-order valence-electron chi connectivity index (χ0n) is 8.07. The Morgan fingerprint density at radius 2 is 2.00 bits per heavy atom. The Bertz CT molecular complexity index is 331. The quantitative estimate of drug-likeness (QED) is 0.710. The highest BCUT2D eigenvalue weighted by Gasteiger charge is 2.15. The Labute approximate surface area is 88.0 Å². The van der Waals surface area contributed by atoms with Crippen molar-refractivity contribution < 1.29 is 0 Å². The van der Waals surface area contributed by atoms with Crippen LogP contribution in [0.3, 0.4) is 0 Å². The van der Waals surface area contributed by atoms with Gasteiger partial charge in [0.2, 0.25) is 0 Å². The molecule has 0 radical (unpaired) electrons. The first-order valence-electron chi connectivity index (χ1n) is 5.00. The summed E-state index contributed by atoms with van der Waals surface area (Å²) in [4.78, 5) is 7.28. The number of hydrogen-bond acceptors (Lipinski definition) is 4. The van der Waals surface area contributed by atoms with Crippen molar-refractivity contribution in [3.8, 4) is 6.07 Å². The van der Waals surface area contributed by atoms with Crippen molar-refractivity contribution in [3.05, 3.63) is 10.4 Å². The van der Waals surface area contributed by atoms with E-state index in [1.807, 2.05) is 0 Å². The lowest BCUT2D eigenvalue weighted by Gasteiger charge is -2.19. The molecule has 1 fully saturated rings. The summed E-state index contributed by atoms with van der Waals surface area (Å²) in [6.45, 7) is 2.11. The van der Waals surface area contributed by atoms with Crippen LogP contribution in [0.5, 0.6) is 0 Å². The number of hydrogen-bond donors (Lipinski definition) is 0. The first-order valence-corrected chi connectivity index (χ1v) is 5.88. The maximum Gasteiger partial charge on any atom is 0.157 e. The van der Waals surface area contributed by atoms with E-state index in [0.717, 1.165) is 23.8 Å². The van der Waals surface area contributed by atoms with Crippen molar-refractivity contribution in [2.24, 2.45) is 0 Å². The molecule has 0 atom stereocenters. The first kappa shape index (κ1) is 9.47. The number of rotatable bonds is 1. The summed E-state index contributed by atoms with van der Waals surface area (Å²) >= 11 is 1.44. The molecule has 0 bridgehead atoms. The average Bonchev–Trinajstić information content (AvgIpc) is 2.52. The van der Waals surface area contributed by atoms with E-state index in [2.05, 4.69) is 16.0 Å². The predicted octanol–water partition coefficient (Wildman–Crippen LogP) is 2.40. The number of nitrogens with zero attached hydrogens (tertiary/aromatic N) is 3. The van der Waals surface area contributed by atoms with Gasteiger partial charge >= 0.3 is 0 Å². The van der Waals surface area contributed by atoms with Crippen molar-refractivity contribution in [2.45, 2.75) is 25.7 Å². The average molecular weight is 207 g/mol. The highest BCUT2D eigenvalue weighted by Crippen LogP contribution is 2.24. The largest absolute Gasteiger partial charge is 0.355 e. The van der Waals surface area contributed by atoms with Gasteiger partial charge in [-0.15, -0.1) is 11.3 Å². The minimum Gasteiger partial charge on any atom is -0.355 e. The van der Waals surface area contributed by atoms with Gasteiger partial charge in [0.05, 0.1) is 5.51 Å². The van der Waals surface area contributed by atoms with Gasteiger partial charge in [0.15, 0.2) is 5.82 Å². The van der Waals surface area contributed by atoms with Gasteiger partial charge in [-0.3, -0.25) is 0 Å². The van der Waals surface area contributed by atoms with Crippen LogP contribution in [0.2, 0.25) is 0 Å². The minimum atomic E-state index is 0.756. The van der Waals surface area contributed by atoms with Crippen molar-refractivity contribution in [1.82, 2.24) is 4.98 Å². The molecule has 0 N–H and O–H groups in total. The van der Waals surface area contributed by atoms with Gasteiger partial charge in [0, 0.05) is 13.1 Å². The zero-order chi connectivity index (χ0) is 9.80. The zero-order valence-corrected chi connectivity index (χ0v) is 8.89. The van der Waals surface area contributed by atoms with Gasteiger partial charge in [-0.05, 0) is 12.8 Å². The standard InChI is InChI=1S/C10H13N3S/c11-7-9-10(12-8-14-9)13-5-3-1-2-4-6-13/h8H,1-6H2. The molecule has 4 heteroatoms. The molecule has 74 valence electrons. The van der Waals surface area contributed by atoms with Crippen LogP contribution >= 0.6 is 11.3 Å². The fourth-order valence-corrected chi connectivity index (χ4v) is 2.42. The third kappa shape index (κ3) is 1.88. The summed E-state index contributed by atoms with van der Waals surface area (Å²) in [5.74, 6) is 0.902. The van der Waals surface area contributed by atoms with Gasteiger partial charge in [0.1, 0.15) is 10.9 Å². The molecule has 1 aromatic heterocycles. The monoisotopic (exact) mass is 207 g/mol. The lowest BCUT2D eigenvalue weighted by Crippen LogP contribution is -2.24. The van der Waals surface area contributed by atoms with Crippen molar-refractivity contribution in [2.75, 3.05) is 18.0 Å². The summed E-state index contributed by atoms with van der Waals surface area (Å²) in [5, 5.41) is 8.90. The normalized spacial score (nSPS) is 17.5. The van der Waals surface area contributed by atoms with Crippen LogP contribution < -0.4 is 4.90 Å². The molecule has 1 saturated heterocycles. The molecule has 0 aliphatic carbocycles. The van der Waals surface area contributed by atoms with E-state index in [9.17, 15) is 0 Å². The summed E-state index contributed by atoms with van der Waals surface area (Å²) in [5.41, 5.74) is 1.76. The molecule has 0 aromatic carbocycles. The molecule has 3 nitrogen and oxygen atoms in total. The Morgan fingerprint density at radius 1 is 1.29 bits per heavy atom. The summed E-state index contributed by atoms with van der Waals surface area (Å²) in [6, 6.07) is 2.21. The predicted molar refractivity (Wildman–Crippen MR) is 57.5 cm³/mol. The summed E-state index contributed by atoms with van der Waals surface area (Å²) in [7, 11) is 0. The molecule has 0 unspecified atom stereocenters. The molecule has 1 aliphatic rings. The second-order valence-corrected chi connectivity index (χ2v) is 4.37. The maximum atomic E-state index is 8.90. The van der Waals surface area contributed by atoms with Crippen molar-refractivity contribution >= 4 is 17.2 Å². The number of anilines is 1. The minimum absolute atomic E-state index is 0.756. The lowest BCUT2D eigenvalue weighted by molar-refractivity contribution is 0.726.